The van der Waals surface area contributed by atoms with E-state index in [0.29, 0.717) is 17.1 Å². The third kappa shape index (κ3) is 4.79. The number of aromatic nitrogens is 6. The number of benzene rings is 1. The highest BCUT2D eigenvalue weighted by atomic mass is 19.3. The van der Waals surface area contributed by atoms with Gasteiger partial charge in [-0.05, 0) is 62.2 Å². The molecule has 1 atom stereocenters. The van der Waals surface area contributed by atoms with Crippen molar-refractivity contribution in [2.45, 2.75) is 31.7 Å². The molecule has 0 saturated carbocycles. The Morgan fingerprint density at radius 3 is 2.41 bits per heavy atom. The standard InChI is InChI=1S/C23H24F2N8O/c24-21(25)23-30-29-22(34-23)16-5-3-15(4-6-16)19(9-12-32-10-1-2-11-32)33-14-18(28-31-33)17-7-8-20(26)27-13-17/h3-8,13-14,19,21H,1-2,9-12H2,(H2,26,27). The van der Waals surface area contributed by atoms with Gasteiger partial charge in [0.1, 0.15) is 11.5 Å². The molecule has 1 saturated heterocycles. The largest absolute Gasteiger partial charge is 0.415 e. The summed E-state index contributed by atoms with van der Waals surface area (Å²) in [6, 6.07) is 11.0. The third-order valence-corrected chi connectivity index (χ3v) is 6.00. The lowest BCUT2D eigenvalue weighted by Gasteiger charge is -2.21. The number of hydrogen-bond acceptors (Lipinski definition) is 8. The monoisotopic (exact) mass is 466 g/mol. The highest BCUT2D eigenvalue weighted by Crippen LogP contribution is 2.28. The molecule has 0 amide bonds. The number of nitrogen functional groups attached to an aromatic ring is 1. The third-order valence-electron chi connectivity index (χ3n) is 6.00. The molecule has 11 heteroatoms. The van der Waals surface area contributed by atoms with Crippen LogP contribution in [0.25, 0.3) is 22.7 Å². The number of anilines is 1. The van der Waals surface area contributed by atoms with Crippen molar-refractivity contribution in [2.75, 3.05) is 25.4 Å². The summed E-state index contributed by atoms with van der Waals surface area (Å²) in [5, 5.41) is 15.9. The Morgan fingerprint density at radius 1 is 0.971 bits per heavy atom. The Hall–Kier alpha value is -3.73. The maximum atomic E-state index is 12.8. The van der Waals surface area contributed by atoms with Crippen LogP contribution < -0.4 is 5.73 Å². The molecule has 1 aromatic carbocycles. The van der Waals surface area contributed by atoms with Crippen LogP contribution in [0.1, 0.15) is 43.2 Å². The molecule has 1 fully saturated rings. The molecule has 5 rings (SSSR count). The molecule has 1 unspecified atom stereocenters. The van der Waals surface area contributed by atoms with E-state index in [2.05, 4.69) is 30.4 Å². The summed E-state index contributed by atoms with van der Waals surface area (Å²) in [5.74, 6) is -0.175. The first-order chi connectivity index (χ1) is 16.6. The number of alkyl halides is 2. The Morgan fingerprint density at radius 2 is 1.74 bits per heavy atom. The van der Waals surface area contributed by atoms with Crippen molar-refractivity contribution in [1.29, 1.82) is 0 Å². The van der Waals surface area contributed by atoms with Gasteiger partial charge in [0.25, 0.3) is 5.89 Å². The second-order valence-electron chi connectivity index (χ2n) is 8.28. The minimum absolute atomic E-state index is 0.0584. The quantitative estimate of drug-likeness (QED) is 0.415. The fraction of sp³-hybridized carbons (Fsp3) is 0.348. The van der Waals surface area contributed by atoms with Crippen molar-refractivity contribution < 1.29 is 13.2 Å². The maximum Gasteiger partial charge on any atom is 0.314 e. The Bertz CT molecular complexity index is 1220. The van der Waals surface area contributed by atoms with Crippen molar-refractivity contribution >= 4 is 5.82 Å². The number of likely N-dealkylation sites (tertiary alicyclic amines) is 1. The smallest absolute Gasteiger partial charge is 0.314 e. The van der Waals surface area contributed by atoms with Crippen molar-refractivity contribution in [1.82, 2.24) is 35.1 Å². The van der Waals surface area contributed by atoms with Gasteiger partial charge in [-0.1, -0.05) is 17.3 Å². The second-order valence-corrected chi connectivity index (χ2v) is 8.28. The zero-order valence-electron chi connectivity index (χ0n) is 18.4. The van der Waals surface area contributed by atoms with Crippen LogP contribution in [0, 0.1) is 0 Å². The maximum absolute atomic E-state index is 12.8. The average molecular weight is 466 g/mol. The average Bonchev–Trinajstić information content (AvgIpc) is 3.62. The van der Waals surface area contributed by atoms with Gasteiger partial charge in [0, 0.05) is 23.9 Å². The molecule has 0 radical (unpaired) electrons. The van der Waals surface area contributed by atoms with Crippen LogP contribution in [0.4, 0.5) is 14.6 Å². The summed E-state index contributed by atoms with van der Waals surface area (Å²) in [6.07, 6.45) is 4.08. The van der Waals surface area contributed by atoms with E-state index < -0.39 is 12.3 Å². The lowest BCUT2D eigenvalue weighted by Crippen LogP contribution is -2.24. The summed E-state index contributed by atoms with van der Waals surface area (Å²) in [5.41, 5.74) is 8.83. The van der Waals surface area contributed by atoms with Gasteiger partial charge >= 0.3 is 6.43 Å². The van der Waals surface area contributed by atoms with E-state index >= 15 is 0 Å². The number of halogens is 2. The second kappa shape index (κ2) is 9.64. The Balaban J connectivity index is 1.40. The van der Waals surface area contributed by atoms with Crippen LogP contribution in [0.3, 0.4) is 0 Å². The molecule has 0 bridgehead atoms. The fourth-order valence-electron chi connectivity index (χ4n) is 4.17. The zero-order valence-corrected chi connectivity index (χ0v) is 18.4. The van der Waals surface area contributed by atoms with Gasteiger partial charge in [0.15, 0.2) is 0 Å². The molecule has 176 valence electrons. The molecule has 34 heavy (non-hydrogen) atoms. The highest BCUT2D eigenvalue weighted by Gasteiger charge is 2.21. The number of nitrogens with two attached hydrogens (primary N) is 1. The first-order valence-corrected chi connectivity index (χ1v) is 11.1. The Labute approximate surface area is 194 Å². The minimum atomic E-state index is -2.80. The van der Waals surface area contributed by atoms with Crippen molar-refractivity contribution in [2.24, 2.45) is 0 Å². The van der Waals surface area contributed by atoms with Crippen molar-refractivity contribution in [3.05, 3.63) is 60.2 Å². The van der Waals surface area contributed by atoms with Crippen LogP contribution in [-0.2, 0) is 0 Å². The zero-order chi connectivity index (χ0) is 23.5. The van der Waals surface area contributed by atoms with Crippen molar-refractivity contribution in [3.63, 3.8) is 0 Å². The van der Waals surface area contributed by atoms with Crippen LogP contribution in [0.5, 0.6) is 0 Å². The van der Waals surface area contributed by atoms with E-state index in [9.17, 15) is 8.78 Å². The molecule has 1 aliphatic heterocycles. The lowest BCUT2D eigenvalue weighted by atomic mass is 10.0. The Kier molecular flexibility index (Phi) is 6.26. The fourth-order valence-corrected chi connectivity index (χ4v) is 4.17. The predicted molar refractivity (Wildman–Crippen MR) is 121 cm³/mol. The molecule has 0 aliphatic carbocycles. The first-order valence-electron chi connectivity index (χ1n) is 11.1. The summed E-state index contributed by atoms with van der Waals surface area (Å²) in [4.78, 5) is 6.59. The highest BCUT2D eigenvalue weighted by molar-refractivity contribution is 5.58. The molecule has 2 N–H and O–H groups in total. The van der Waals surface area contributed by atoms with E-state index in [1.165, 1.54) is 12.8 Å². The molecule has 9 nitrogen and oxygen atoms in total. The number of pyridine rings is 1. The van der Waals surface area contributed by atoms with E-state index in [4.69, 9.17) is 10.2 Å². The SMILES string of the molecule is Nc1ccc(-c2cn(C(CCN3CCCC3)c3ccc(-c4nnc(C(F)F)o4)cc3)nn2)cn1. The van der Waals surface area contributed by atoms with Gasteiger partial charge in [0.05, 0.1) is 12.2 Å². The first kappa shape index (κ1) is 22.1. The van der Waals surface area contributed by atoms with Gasteiger partial charge in [-0.2, -0.15) is 8.78 Å². The summed E-state index contributed by atoms with van der Waals surface area (Å²) < 4.78 is 32.5. The molecular weight excluding hydrogens is 442 g/mol. The van der Waals surface area contributed by atoms with Crippen LogP contribution >= 0.6 is 0 Å². The number of rotatable bonds is 8. The van der Waals surface area contributed by atoms with Gasteiger partial charge < -0.3 is 15.1 Å². The predicted octanol–water partition coefficient (Wildman–Crippen LogP) is 3.99. The normalized spacial score (nSPS) is 15.3. The van der Waals surface area contributed by atoms with E-state index in [-0.39, 0.29) is 11.9 Å². The van der Waals surface area contributed by atoms with Gasteiger partial charge in [-0.25, -0.2) is 9.67 Å². The number of nitrogens with zero attached hydrogens (tertiary/aromatic N) is 7. The summed E-state index contributed by atoms with van der Waals surface area (Å²) >= 11 is 0. The van der Waals surface area contributed by atoms with Crippen molar-refractivity contribution in [3.8, 4) is 22.7 Å². The summed E-state index contributed by atoms with van der Waals surface area (Å²) in [7, 11) is 0. The topological polar surface area (TPSA) is 112 Å². The van der Waals surface area contributed by atoms with Crippen LogP contribution in [-0.4, -0.2) is 54.7 Å². The van der Waals surface area contributed by atoms with Crippen LogP contribution in [0.2, 0.25) is 0 Å². The number of hydrogen-bond donors (Lipinski definition) is 1. The molecular formula is C23H24F2N8O. The molecule has 3 aromatic heterocycles. The van der Waals surface area contributed by atoms with Gasteiger partial charge in [-0.3, -0.25) is 0 Å². The van der Waals surface area contributed by atoms with Gasteiger partial charge in [0.2, 0.25) is 5.89 Å². The molecule has 4 heterocycles. The van der Waals surface area contributed by atoms with E-state index in [0.717, 1.165) is 37.2 Å². The summed E-state index contributed by atoms with van der Waals surface area (Å²) in [6.45, 7) is 3.15. The van der Waals surface area contributed by atoms with Gasteiger partial charge in [-0.15, -0.1) is 15.3 Å². The minimum Gasteiger partial charge on any atom is -0.415 e. The van der Waals surface area contributed by atoms with E-state index in [1.54, 1.807) is 24.4 Å². The lowest BCUT2D eigenvalue weighted by molar-refractivity contribution is 0.116. The van der Waals surface area contributed by atoms with Crippen LogP contribution in [0.15, 0.2) is 53.2 Å². The molecule has 1 aliphatic rings. The molecule has 0 spiro atoms. The van der Waals surface area contributed by atoms with E-state index in [1.807, 2.05) is 29.1 Å². The molecule has 4 aromatic rings.